The third kappa shape index (κ3) is 5.76. The van der Waals surface area contributed by atoms with Crippen molar-refractivity contribution in [3.05, 3.63) is 0 Å². The molecule has 5 nitrogen and oxygen atoms in total. The second kappa shape index (κ2) is 8.73. The number of rotatable bonds is 6. The first-order chi connectivity index (χ1) is 10.6. The minimum atomic E-state index is 0.394. The average molecular weight is 311 g/mol. The minimum Gasteiger partial charge on any atom is -0.381 e. The Bertz CT molecular complexity index is 352. The van der Waals surface area contributed by atoms with Crippen LogP contribution in [0.15, 0.2) is 4.99 Å². The van der Waals surface area contributed by atoms with E-state index in [0.29, 0.717) is 11.5 Å². The van der Waals surface area contributed by atoms with E-state index in [4.69, 9.17) is 14.5 Å². The third-order valence-corrected chi connectivity index (χ3v) is 4.40. The van der Waals surface area contributed by atoms with Gasteiger partial charge in [0.15, 0.2) is 5.96 Å². The zero-order chi connectivity index (χ0) is 15.8. The zero-order valence-electron chi connectivity index (χ0n) is 14.6. The average Bonchev–Trinajstić information content (AvgIpc) is 2.87. The Morgan fingerprint density at radius 3 is 2.77 bits per heavy atom. The van der Waals surface area contributed by atoms with Crippen molar-refractivity contribution in [3.8, 4) is 0 Å². The first-order valence-corrected chi connectivity index (χ1v) is 8.83. The molecule has 0 spiro atoms. The smallest absolute Gasteiger partial charge is 0.193 e. The van der Waals surface area contributed by atoms with Gasteiger partial charge in [0.25, 0.3) is 0 Å². The Morgan fingerprint density at radius 2 is 2.14 bits per heavy atom. The molecule has 1 N–H and O–H groups in total. The summed E-state index contributed by atoms with van der Waals surface area (Å²) >= 11 is 0. The summed E-state index contributed by atoms with van der Waals surface area (Å²) in [6, 6.07) is 0. The molecule has 2 aliphatic heterocycles. The zero-order valence-corrected chi connectivity index (χ0v) is 14.6. The lowest BCUT2D eigenvalue weighted by molar-refractivity contribution is -0.0318. The normalized spacial score (nSPS) is 23.0. The van der Waals surface area contributed by atoms with Crippen molar-refractivity contribution < 1.29 is 9.47 Å². The van der Waals surface area contributed by atoms with Crippen LogP contribution in [0.3, 0.4) is 0 Å². The quantitative estimate of drug-likeness (QED) is 0.464. The molecular formula is C17H33N3O2. The predicted molar refractivity (Wildman–Crippen MR) is 90.4 cm³/mol. The van der Waals surface area contributed by atoms with E-state index in [1.165, 1.54) is 6.42 Å². The minimum absolute atomic E-state index is 0.394. The maximum atomic E-state index is 5.90. The Hall–Kier alpha value is -0.810. The molecule has 2 aliphatic rings. The van der Waals surface area contributed by atoms with Gasteiger partial charge >= 0.3 is 0 Å². The maximum Gasteiger partial charge on any atom is 0.193 e. The summed E-state index contributed by atoms with van der Waals surface area (Å²) in [5.74, 6) is 1.07. The number of guanidine groups is 1. The molecule has 0 aliphatic carbocycles. The standard InChI is InChI=1S/C17H33N3O2/c1-4-18-16(20-10-8-17(2,3)14-20)19-9-5-11-22-15-6-12-21-13-7-15/h15H,4-14H2,1-3H3,(H,18,19). The van der Waals surface area contributed by atoms with Crippen LogP contribution in [0.4, 0.5) is 0 Å². The fourth-order valence-corrected chi connectivity index (χ4v) is 3.06. The summed E-state index contributed by atoms with van der Waals surface area (Å²) < 4.78 is 11.2. The van der Waals surface area contributed by atoms with Crippen LogP contribution in [-0.2, 0) is 9.47 Å². The molecule has 2 heterocycles. The number of nitrogens with one attached hydrogen (secondary N) is 1. The van der Waals surface area contributed by atoms with Gasteiger partial charge in [-0.3, -0.25) is 4.99 Å². The van der Waals surface area contributed by atoms with E-state index in [1.807, 2.05) is 0 Å². The predicted octanol–water partition coefficient (Wildman–Crippen LogP) is 2.27. The number of hydrogen-bond donors (Lipinski definition) is 1. The van der Waals surface area contributed by atoms with E-state index in [-0.39, 0.29) is 0 Å². The molecule has 2 fully saturated rings. The van der Waals surface area contributed by atoms with Crippen molar-refractivity contribution in [1.29, 1.82) is 0 Å². The number of hydrogen-bond acceptors (Lipinski definition) is 3. The highest BCUT2D eigenvalue weighted by molar-refractivity contribution is 5.80. The van der Waals surface area contributed by atoms with Crippen LogP contribution >= 0.6 is 0 Å². The van der Waals surface area contributed by atoms with Crippen LogP contribution in [0.5, 0.6) is 0 Å². The molecule has 0 bridgehead atoms. The molecule has 0 atom stereocenters. The summed E-state index contributed by atoms with van der Waals surface area (Å²) in [5, 5.41) is 3.42. The molecule has 2 rings (SSSR count). The van der Waals surface area contributed by atoms with Gasteiger partial charge in [-0.15, -0.1) is 0 Å². The van der Waals surface area contributed by atoms with Crippen LogP contribution in [0, 0.1) is 5.41 Å². The summed E-state index contributed by atoms with van der Waals surface area (Å²) in [4.78, 5) is 7.16. The summed E-state index contributed by atoms with van der Waals surface area (Å²) in [5.41, 5.74) is 0.405. The fourth-order valence-electron chi connectivity index (χ4n) is 3.06. The molecule has 128 valence electrons. The van der Waals surface area contributed by atoms with E-state index in [2.05, 4.69) is 31.0 Å². The number of likely N-dealkylation sites (tertiary alicyclic amines) is 1. The van der Waals surface area contributed by atoms with E-state index in [1.54, 1.807) is 0 Å². The molecule has 0 saturated carbocycles. The van der Waals surface area contributed by atoms with E-state index >= 15 is 0 Å². The van der Waals surface area contributed by atoms with Crippen LogP contribution in [0.2, 0.25) is 0 Å². The molecule has 0 aromatic rings. The lowest BCUT2D eigenvalue weighted by Gasteiger charge is -2.24. The monoisotopic (exact) mass is 311 g/mol. The van der Waals surface area contributed by atoms with Gasteiger partial charge in [0.1, 0.15) is 0 Å². The van der Waals surface area contributed by atoms with Crippen molar-refractivity contribution in [2.24, 2.45) is 10.4 Å². The molecule has 0 aromatic carbocycles. The van der Waals surface area contributed by atoms with Crippen LogP contribution in [0.25, 0.3) is 0 Å². The van der Waals surface area contributed by atoms with Gasteiger partial charge in [0, 0.05) is 46.0 Å². The Labute approximate surface area is 135 Å². The van der Waals surface area contributed by atoms with Crippen LogP contribution in [-0.4, -0.2) is 63.0 Å². The number of nitrogens with zero attached hydrogens (tertiary/aromatic N) is 2. The van der Waals surface area contributed by atoms with Crippen molar-refractivity contribution in [2.45, 2.75) is 52.6 Å². The van der Waals surface area contributed by atoms with Crippen molar-refractivity contribution >= 4 is 5.96 Å². The molecule has 22 heavy (non-hydrogen) atoms. The largest absolute Gasteiger partial charge is 0.381 e. The van der Waals surface area contributed by atoms with Gasteiger partial charge in [-0.1, -0.05) is 13.8 Å². The van der Waals surface area contributed by atoms with Crippen molar-refractivity contribution in [1.82, 2.24) is 10.2 Å². The van der Waals surface area contributed by atoms with Gasteiger partial charge < -0.3 is 19.7 Å². The first-order valence-electron chi connectivity index (χ1n) is 8.83. The highest BCUT2D eigenvalue weighted by Crippen LogP contribution is 2.28. The number of aliphatic imine (C=N–C) groups is 1. The first kappa shape index (κ1) is 17.5. The van der Waals surface area contributed by atoms with E-state index < -0.39 is 0 Å². The molecule has 0 aromatic heterocycles. The fraction of sp³-hybridized carbons (Fsp3) is 0.941. The van der Waals surface area contributed by atoms with Gasteiger partial charge in [-0.2, -0.15) is 0 Å². The highest BCUT2D eigenvalue weighted by Gasteiger charge is 2.30. The van der Waals surface area contributed by atoms with Crippen molar-refractivity contribution in [2.75, 3.05) is 46.0 Å². The third-order valence-electron chi connectivity index (χ3n) is 4.40. The van der Waals surface area contributed by atoms with Gasteiger partial charge in [0.05, 0.1) is 6.10 Å². The highest BCUT2D eigenvalue weighted by atomic mass is 16.5. The molecule has 0 radical (unpaired) electrons. The van der Waals surface area contributed by atoms with Gasteiger partial charge in [-0.25, -0.2) is 0 Å². The SMILES string of the molecule is CCNC(=NCCCOC1CCOCC1)N1CCC(C)(C)C1. The van der Waals surface area contributed by atoms with E-state index in [9.17, 15) is 0 Å². The Kier molecular flexibility index (Phi) is 6.96. The molecular weight excluding hydrogens is 278 g/mol. The Morgan fingerprint density at radius 1 is 1.36 bits per heavy atom. The molecule has 2 saturated heterocycles. The molecule has 0 amide bonds. The summed E-state index contributed by atoms with van der Waals surface area (Å²) in [6.07, 6.45) is 4.70. The second-order valence-corrected chi connectivity index (χ2v) is 7.11. The second-order valence-electron chi connectivity index (χ2n) is 7.11. The van der Waals surface area contributed by atoms with E-state index in [0.717, 1.165) is 71.2 Å². The van der Waals surface area contributed by atoms with Gasteiger partial charge in [0.2, 0.25) is 0 Å². The van der Waals surface area contributed by atoms with Crippen LogP contribution in [0.1, 0.15) is 46.5 Å². The summed E-state index contributed by atoms with van der Waals surface area (Å²) in [6.45, 7) is 13.3. The summed E-state index contributed by atoms with van der Waals surface area (Å²) in [7, 11) is 0. The molecule has 0 unspecified atom stereocenters. The Balaban J connectivity index is 1.68. The van der Waals surface area contributed by atoms with Gasteiger partial charge in [-0.05, 0) is 38.0 Å². The lowest BCUT2D eigenvalue weighted by Crippen LogP contribution is -2.40. The van der Waals surface area contributed by atoms with Crippen LogP contribution < -0.4 is 5.32 Å². The number of ether oxygens (including phenoxy) is 2. The lowest BCUT2D eigenvalue weighted by atomic mass is 9.93. The van der Waals surface area contributed by atoms with Crippen molar-refractivity contribution in [3.63, 3.8) is 0 Å². The molecule has 5 heteroatoms. The topological polar surface area (TPSA) is 46.1 Å². The maximum absolute atomic E-state index is 5.90.